The number of fused-ring (bicyclic) bond motifs is 1. The Morgan fingerprint density at radius 3 is 2.48 bits per heavy atom. The first kappa shape index (κ1) is 20.9. The van der Waals surface area contributed by atoms with Crippen molar-refractivity contribution in [1.29, 1.82) is 0 Å². The molecule has 1 fully saturated rings. The molecule has 3 aromatic rings. The predicted molar refractivity (Wildman–Crippen MR) is 122 cm³/mol. The molecule has 1 aliphatic rings. The van der Waals surface area contributed by atoms with Crippen LogP contribution in [0.2, 0.25) is 0 Å². The van der Waals surface area contributed by atoms with Crippen molar-refractivity contribution in [3.8, 4) is 5.75 Å². The van der Waals surface area contributed by atoms with Crippen LogP contribution in [0.15, 0.2) is 72.8 Å². The number of hydrogen-bond donors (Lipinski definition) is 2. The fourth-order valence-electron chi connectivity index (χ4n) is 3.59. The lowest BCUT2D eigenvalue weighted by Crippen LogP contribution is -2.48. The SMILES string of the molecule is O=C(CCCOc1cccc2ccccc12)NC(Cc1ccccc1)C(=O)NC1CC1. The van der Waals surface area contributed by atoms with Crippen LogP contribution < -0.4 is 15.4 Å². The van der Waals surface area contributed by atoms with Crippen molar-refractivity contribution in [2.45, 2.75) is 44.2 Å². The molecule has 1 atom stereocenters. The molecule has 5 heteroatoms. The molecule has 1 aliphatic carbocycles. The second-order valence-electron chi connectivity index (χ2n) is 8.02. The van der Waals surface area contributed by atoms with E-state index in [1.807, 2.05) is 60.7 Å². The van der Waals surface area contributed by atoms with Gasteiger partial charge in [-0.15, -0.1) is 0 Å². The summed E-state index contributed by atoms with van der Waals surface area (Å²) in [6.07, 6.45) is 3.41. The maximum absolute atomic E-state index is 12.6. The normalized spacial score (nSPS) is 14.1. The van der Waals surface area contributed by atoms with Crippen LogP contribution in [-0.4, -0.2) is 30.5 Å². The Morgan fingerprint density at radius 1 is 0.935 bits per heavy atom. The van der Waals surface area contributed by atoms with Gasteiger partial charge >= 0.3 is 0 Å². The lowest BCUT2D eigenvalue weighted by Gasteiger charge is -2.19. The summed E-state index contributed by atoms with van der Waals surface area (Å²) in [6, 6.07) is 23.5. The van der Waals surface area contributed by atoms with Gasteiger partial charge in [0.05, 0.1) is 6.61 Å². The number of rotatable bonds is 10. The Kier molecular flexibility index (Phi) is 6.82. The van der Waals surface area contributed by atoms with Crippen LogP contribution in [0.25, 0.3) is 10.8 Å². The zero-order valence-corrected chi connectivity index (χ0v) is 17.6. The molecule has 0 spiro atoms. The molecule has 0 saturated heterocycles. The standard InChI is InChI=1S/C26H28N2O3/c29-25(14-7-17-31-24-13-6-11-20-10-4-5-12-22(20)24)28-23(26(30)27-21-15-16-21)18-19-8-2-1-3-9-19/h1-6,8-13,21,23H,7,14-18H2,(H,27,30)(H,28,29). The largest absolute Gasteiger partial charge is 0.493 e. The van der Waals surface area contributed by atoms with E-state index in [4.69, 9.17) is 4.74 Å². The summed E-state index contributed by atoms with van der Waals surface area (Å²) in [5, 5.41) is 8.12. The molecule has 2 N–H and O–H groups in total. The molecule has 160 valence electrons. The Labute approximate surface area is 182 Å². The fraction of sp³-hybridized carbons (Fsp3) is 0.308. The number of ether oxygens (including phenoxy) is 1. The number of hydrogen-bond acceptors (Lipinski definition) is 3. The number of carbonyl (C=O) groups excluding carboxylic acids is 2. The van der Waals surface area contributed by atoms with E-state index in [9.17, 15) is 9.59 Å². The van der Waals surface area contributed by atoms with Crippen LogP contribution in [0.5, 0.6) is 5.75 Å². The van der Waals surface area contributed by atoms with Crippen LogP contribution in [-0.2, 0) is 16.0 Å². The second-order valence-corrected chi connectivity index (χ2v) is 8.02. The minimum atomic E-state index is -0.561. The lowest BCUT2D eigenvalue weighted by atomic mass is 10.0. The highest BCUT2D eigenvalue weighted by Crippen LogP contribution is 2.25. The molecule has 5 nitrogen and oxygen atoms in total. The first-order valence-corrected chi connectivity index (χ1v) is 10.9. The first-order valence-electron chi connectivity index (χ1n) is 10.9. The van der Waals surface area contributed by atoms with Crippen molar-refractivity contribution in [3.63, 3.8) is 0 Å². The summed E-state index contributed by atoms with van der Waals surface area (Å²) >= 11 is 0. The molecule has 0 radical (unpaired) electrons. The van der Waals surface area contributed by atoms with Gasteiger partial charge in [0, 0.05) is 24.3 Å². The highest BCUT2D eigenvalue weighted by Gasteiger charge is 2.28. The summed E-state index contributed by atoms with van der Waals surface area (Å²) in [7, 11) is 0. The van der Waals surface area contributed by atoms with Gasteiger partial charge in [0.15, 0.2) is 0 Å². The molecule has 3 aromatic carbocycles. The monoisotopic (exact) mass is 416 g/mol. The average Bonchev–Trinajstić information content (AvgIpc) is 3.61. The third-order valence-electron chi connectivity index (χ3n) is 5.41. The second kappa shape index (κ2) is 10.1. The van der Waals surface area contributed by atoms with Gasteiger partial charge in [-0.2, -0.15) is 0 Å². The molecule has 2 amide bonds. The van der Waals surface area contributed by atoms with Crippen LogP contribution >= 0.6 is 0 Å². The van der Waals surface area contributed by atoms with Gasteiger partial charge in [-0.1, -0.05) is 66.7 Å². The van der Waals surface area contributed by atoms with Crippen molar-refractivity contribution in [2.24, 2.45) is 0 Å². The van der Waals surface area contributed by atoms with Gasteiger partial charge in [-0.3, -0.25) is 9.59 Å². The predicted octanol–water partition coefficient (Wildman–Crippen LogP) is 4.00. The highest BCUT2D eigenvalue weighted by atomic mass is 16.5. The van der Waals surface area contributed by atoms with Gasteiger partial charge in [0.25, 0.3) is 0 Å². The molecule has 1 saturated carbocycles. The van der Waals surface area contributed by atoms with Crippen LogP contribution in [0, 0.1) is 0 Å². The van der Waals surface area contributed by atoms with Crippen molar-refractivity contribution < 1.29 is 14.3 Å². The zero-order valence-electron chi connectivity index (χ0n) is 17.6. The van der Waals surface area contributed by atoms with E-state index in [0.717, 1.165) is 34.9 Å². The highest BCUT2D eigenvalue weighted by molar-refractivity contribution is 5.89. The third kappa shape index (κ3) is 6.07. The van der Waals surface area contributed by atoms with Gasteiger partial charge in [0.2, 0.25) is 11.8 Å². The molecule has 0 aliphatic heterocycles. The topological polar surface area (TPSA) is 67.4 Å². The minimum Gasteiger partial charge on any atom is -0.493 e. The van der Waals surface area contributed by atoms with Crippen LogP contribution in [0.4, 0.5) is 0 Å². The van der Waals surface area contributed by atoms with Gasteiger partial charge in [0.1, 0.15) is 11.8 Å². The van der Waals surface area contributed by atoms with Crippen molar-refractivity contribution in [2.75, 3.05) is 6.61 Å². The summed E-state index contributed by atoms with van der Waals surface area (Å²) in [5.74, 6) is 0.587. The van der Waals surface area contributed by atoms with E-state index < -0.39 is 6.04 Å². The van der Waals surface area contributed by atoms with E-state index in [1.165, 1.54) is 0 Å². The molecular weight excluding hydrogens is 388 g/mol. The molecule has 0 aromatic heterocycles. The molecular formula is C26H28N2O3. The molecule has 31 heavy (non-hydrogen) atoms. The number of nitrogens with one attached hydrogen (secondary N) is 2. The summed E-state index contributed by atoms with van der Waals surface area (Å²) in [5.41, 5.74) is 1.03. The quantitative estimate of drug-likeness (QED) is 0.491. The summed E-state index contributed by atoms with van der Waals surface area (Å²) in [6.45, 7) is 0.444. The Balaban J connectivity index is 1.28. The molecule has 4 rings (SSSR count). The van der Waals surface area contributed by atoms with Crippen molar-refractivity contribution in [1.82, 2.24) is 10.6 Å². The van der Waals surface area contributed by atoms with Crippen molar-refractivity contribution >= 4 is 22.6 Å². The summed E-state index contributed by atoms with van der Waals surface area (Å²) in [4.78, 5) is 25.1. The molecule has 0 heterocycles. The third-order valence-corrected chi connectivity index (χ3v) is 5.41. The van der Waals surface area contributed by atoms with E-state index in [-0.39, 0.29) is 17.9 Å². The van der Waals surface area contributed by atoms with E-state index in [1.54, 1.807) is 0 Å². The summed E-state index contributed by atoms with van der Waals surface area (Å²) < 4.78 is 5.92. The smallest absolute Gasteiger partial charge is 0.243 e. The van der Waals surface area contributed by atoms with E-state index >= 15 is 0 Å². The van der Waals surface area contributed by atoms with Crippen LogP contribution in [0.1, 0.15) is 31.2 Å². The maximum Gasteiger partial charge on any atom is 0.243 e. The van der Waals surface area contributed by atoms with E-state index in [2.05, 4.69) is 22.8 Å². The van der Waals surface area contributed by atoms with Gasteiger partial charge in [-0.05, 0) is 36.3 Å². The number of carbonyl (C=O) groups is 2. The number of benzene rings is 3. The molecule has 1 unspecified atom stereocenters. The van der Waals surface area contributed by atoms with Gasteiger partial charge in [-0.25, -0.2) is 0 Å². The van der Waals surface area contributed by atoms with Gasteiger partial charge < -0.3 is 15.4 Å². The lowest BCUT2D eigenvalue weighted by molar-refractivity contribution is -0.129. The average molecular weight is 417 g/mol. The first-order chi connectivity index (χ1) is 15.2. The minimum absolute atomic E-state index is 0.105. The Morgan fingerprint density at radius 2 is 1.68 bits per heavy atom. The maximum atomic E-state index is 12.6. The Hall–Kier alpha value is -3.34. The van der Waals surface area contributed by atoms with Crippen LogP contribution in [0.3, 0.4) is 0 Å². The zero-order chi connectivity index (χ0) is 21.5. The number of amides is 2. The Bertz CT molecular complexity index is 1030. The van der Waals surface area contributed by atoms with E-state index in [0.29, 0.717) is 25.9 Å². The molecule has 0 bridgehead atoms. The van der Waals surface area contributed by atoms with Crippen molar-refractivity contribution in [3.05, 3.63) is 78.4 Å². The fourth-order valence-corrected chi connectivity index (χ4v) is 3.59.